The Bertz CT molecular complexity index is 420. The minimum Gasteiger partial charge on any atom is -0.478 e. The van der Waals surface area contributed by atoms with Crippen LogP contribution in [0.5, 0.6) is 5.75 Å². The Morgan fingerprint density at radius 2 is 1.93 bits per heavy atom. The van der Waals surface area contributed by atoms with Crippen LogP contribution in [0.2, 0.25) is 0 Å². The van der Waals surface area contributed by atoms with Crippen LogP contribution in [-0.2, 0) is 4.79 Å². The molecule has 0 bridgehead atoms. The molecule has 0 radical (unpaired) electrons. The Hall–Kier alpha value is -2.10. The highest BCUT2D eigenvalue weighted by molar-refractivity contribution is 5.94. The first kappa shape index (κ1) is 11.0. The smallest absolute Gasteiger partial charge is 0.339 e. The molecule has 1 aromatic carbocycles. The van der Waals surface area contributed by atoms with Crippen molar-refractivity contribution < 1.29 is 19.4 Å². The van der Waals surface area contributed by atoms with Crippen LogP contribution in [-0.4, -0.2) is 17.0 Å². The minimum atomic E-state index is -1.14. The number of hydrogen-bond donors (Lipinski definition) is 1. The molecule has 0 amide bonds. The first-order valence-corrected chi connectivity index (χ1v) is 4.22. The van der Waals surface area contributed by atoms with Crippen molar-refractivity contribution in [3.8, 4) is 5.75 Å². The predicted molar refractivity (Wildman–Crippen MR) is 53.9 cm³/mol. The van der Waals surface area contributed by atoms with Crippen LogP contribution >= 0.6 is 0 Å². The molecule has 0 unspecified atom stereocenters. The third kappa shape index (κ3) is 2.67. The number of ether oxygens (including phenoxy) is 1. The second-order valence-electron chi connectivity index (χ2n) is 2.97. The van der Waals surface area contributed by atoms with E-state index in [0.29, 0.717) is 0 Å². The maximum Gasteiger partial charge on any atom is 0.339 e. The number of esters is 1. The number of carboxylic acids is 1. The van der Waals surface area contributed by atoms with Gasteiger partial charge in [0.1, 0.15) is 11.3 Å². The minimum absolute atomic E-state index is 0.0259. The topological polar surface area (TPSA) is 63.6 Å². The molecule has 0 aliphatic rings. The molecule has 15 heavy (non-hydrogen) atoms. The van der Waals surface area contributed by atoms with Crippen LogP contribution in [0.4, 0.5) is 0 Å². The van der Waals surface area contributed by atoms with Gasteiger partial charge < -0.3 is 9.84 Å². The Morgan fingerprint density at radius 1 is 1.33 bits per heavy atom. The van der Waals surface area contributed by atoms with Crippen LogP contribution in [0, 0.1) is 0 Å². The number of benzene rings is 1. The molecular weight excluding hydrogens is 196 g/mol. The van der Waals surface area contributed by atoms with Gasteiger partial charge in [0.2, 0.25) is 0 Å². The summed E-state index contributed by atoms with van der Waals surface area (Å²) in [6, 6.07) is 5.93. The van der Waals surface area contributed by atoms with Gasteiger partial charge in [-0.05, 0) is 19.1 Å². The van der Waals surface area contributed by atoms with Gasteiger partial charge in [-0.2, -0.15) is 0 Å². The van der Waals surface area contributed by atoms with Crippen LogP contribution in [0.3, 0.4) is 0 Å². The Kier molecular flexibility index (Phi) is 3.23. The highest BCUT2D eigenvalue weighted by Gasteiger charge is 2.13. The molecule has 78 valence electrons. The molecule has 0 saturated carbocycles. The van der Waals surface area contributed by atoms with E-state index in [-0.39, 0.29) is 16.9 Å². The van der Waals surface area contributed by atoms with Gasteiger partial charge in [-0.1, -0.05) is 18.7 Å². The third-order valence-corrected chi connectivity index (χ3v) is 1.67. The highest BCUT2D eigenvalue weighted by Crippen LogP contribution is 2.18. The standard InChI is InChI=1S/C11H10O4/c1-7(2)11(14)15-9-6-4-3-5-8(9)10(12)13/h3-6H,1H2,2H3,(H,12,13). The number of carbonyl (C=O) groups is 2. The number of carboxylic acid groups (broad SMARTS) is 1. The van der Waals surface area contributed by atoms with Crippen molar-refractivity contribution in [1.82, 2.24) is 0 Å². The molecule has 0 spiro atoms. The van der Waals surface area contributed by atoms with E-state index in [2.05, 4.69) is 6.58 Å². The van der Waals surface area contributed by atoms with E-state index in [4.69, 9.17) is 9.84 Å². The molecular formula is C11H10O4. The number of carbonyl (C=O) groups excluding carboxylic acids is 1. The Labute approximate surface area is 86.8 Å². The molecule has 0 aromatic heterocycles. The summed E-state index contributed by atoms with van der Waals surface area (Å²) < 4.78 is 4.85. The lowest BCUT2D eigenvalue weighted by molar-refractivity contribution is -0.130. The predicted octanol–water partition coefficient (Wildman–Crippen LogP) is 1.87. The number of hydrogen-bond acceptors (Lipinski definition) is 3. The van der Waals surface area contributed by atoms with Crippen molar-refractivity contribution in [2.75, 3.05) is 0 Å². The number of aromatic carboxylic acids is 1. The summed E-state index contributed by atoms with van der Waals surface area (Å²) in [6.07, 6.45) is 0. The molecule has 1 aromatic rings. The summed E-state index contributed by atoms with van der Waals surface area (Å²) in [7, 11) is 0. The summed E-state index contributed by atoms with van der Waals surface area (Å²) in [5.41, 5.74) is 0.169. The van der Waals surface area contributed by atoms with E-state index < -0.39 is 11.9 Å². The lowest BCUT2D eigenvalue weighted by Crippen LogP contribution is -2.11. The fourth-order valence-electron chi connectivity index (χ4n) is 0.919. The maximum absolute atomic E-state index is 11.2. The van der Waals surface area contributed by atoms with E-state index in [1.807, 2.05) is 0 Å². The molecule has 1 N–H and O–H groups in total. The Morgan fingerprint density at radius 3 is 2.47 bits per heavy atom. The quantitative estimate of drug-likeness (QED) is 0.465. The molecule has 1 rings (SSSR count). The fourth-order valence-corrected chi connectivity index (χ4v) is 0.919. The van der Waals surface area contributed by atoms with Crippen molar-refractivity contribution in [1.29, 1.82) is 0 Å². The van der Waals surface area contributed by atoms with Gasteiger partial charge in [-0.15, -0.1) is 0 Å². The summed E-state index contributed by atoms with van der Waals surface area (Å²) in [6.45, 7) is 4.90. The summed E-state index contributed by atoms with van der Waals surface area (Å²) in [5, 5.41) is 8.80. The van der Waals surface area contributed by atoms with E-state index in [0.717, 1.165) is 0 Å². The number of rotatable bonds is 3. The lowest BCUT2D eigenvalue weighted by atomic mass is 10.2. The second-order valence-corrected chi connectivity index (χ2v) is 2.97. The summed E-state index contributed by atoms with van der Waals surface area (Å²) >= 11 is 0. The fraction of sp³-hybridized carbons (Fsp3) is 0.0909. The van der Waals surface area contributed by atoms with Crippen LogP contribution < -0.4 is 4.74 Å². The molecule has 0 aliphatic carbocycles. The molecule has 0 heterocycles. The van der Waals surface area contributed by atoms with Crippen LogP contribution in [0.25, 0.3) is 0 Å². The SMILES string of the molecule is C=C(C)C(=O)Oc1ccccc1C(=O)O. The van der Waals surface area contributed by atoms with Crippen LogP contribution in [0.1, 0.15) is 17.3 Å². The van der Waals surface area contributed by atoms with Gasteiger partial charge >= 0.3 is 11.9 Å². The van der Waals surface area contributed by atoms with Gasteiger partial charge in [0.15, 0.2) is 0 Å². The first-order valence-electron chi connectivity index (χ1n) is 4.22. The van der Waals surface area contributed by atoms with E-state index in [9.17, 15) is 9.59 Å². The normalized spacial score (nSPS) is 9.40. The van der Waals surface area contributed by atoms with Gasteiger partial charge in [0.25, 0.3) is 0 Å². The van der Waals surface area contributed by atoms with Gasteiger partial charge in [-0.25, -0.2) is 9.59 Å². The monoisotopic (exact) mass is 206 g/mol. The van der Waals surface area contributed by atoms with Crippen molar-refractivity contribution in [2.24, 2.45) is 0 Å². The summed E-state index contributed by atoms with van der Waals surface area (Å²) in [4.78, 5) is 21.9. The van der Waals surface area contributed by atoms with Gasteiger partial charge in [0.05, 0.1) is 0 Å². The van der Waals surface area contributed by atoms with Gasteiger partial charge in [0, 0.05) is 5.57 Å². The van der Waals surface area contributed by atoms with Crippen molar-refractivity contribution in [2.45, 2.75) is 6.92 Å². The molecule has 0 saturated heterocycles. The first-order chi connectivity index (χ1) is 7.02. The Balaban J connectivity index is 2.99. The summed E-state index contributed by atoms with van der Waals surface area (Å²) in [5.74, 6) is -1.75. The zero-order chi connectivity index (χ0) is 11.4. The average molecular weight is 206 g/mol. The maximum atomic E-state index is 11.2. The van der Waals surface area contributed by atoms with Crippen molar-refractivity contribution in [3.63, 3.8) is 0 Å². The average Bonchev–Trinajstić information content (AvgIpc) is 2.18. The lowest BCUT2D eigenvalue weighted by Gasteiger charge is -2.06. The largest absolute Gasteiger partial charge is 0.478 e. The third-order valence-electron chi connectivity index (χ3n) is 1.67. The highest BCUT2D eigenvalue weighted by atomic mass is 16.5. The van der Waals surface area contributed by atoms with E-state index >= 15 is 0 Å². The number of para-hydroxylation sites is 1. The van der Waals surface area contributed by atoms with Crippen molar-refractivity contribution >= 4 is 11.9 Å². The van der Waals surface area contributed by atoms with Crippen molar-refractivity contribution in [3.05, 3.63) is 42.0 Å². The van der Waals surface area contributed by atoms with E-state index in [1.54, 1.807) is 12.1 Å². The zero-order valence-electron chi connectivity index (χ0n) is 8.19. The van der Waals surface area contributed by atoms with Gasteiger partial charge in [-0.3, -0.25) is 0 Å². The molecule has 4 nitrogen and oxygen atoms in total. The zero-order valence-corrected chi connectivity index (χ0v) is 8.19. The molecule has 4 heteroatoms. The molecule has 0 aliphatic heterocycles. The molecule has 0 fully saturated rings. The second kappa shape index (κ2) is 4.41. The van der Waals surface area contributed by atoms with E-state index in [1.165, 1.54) is 19.1 Å². The van der Waals surface area contributed by atoms with Crippen LogP contribution in [0.15, 0.2) is 36.4 Å². The molecule has 0 atom stereocenters.